The molecule has 0 radical (unpaired) electrons. The van der Waals surface area contributed by atoms with E-state index in [0.717, 1.165) is 0 Å². The zero-order valence-corrected chi connectivity index (χ0v) is 9.21. The topological polar surface area (TPSA) is 95.2 Å². The summed E-state index contributed by atoms with van der Waals surface area (Å²) in [5, 5.41) is -0.0611. The van der Waals surface area contributed by atoms with Crippen molar-refractivity contribution in [3.63, 3.8) is 0 Å². The van der Waals surface area contributed by atoms with Crippen molar-refractivity contribution in [3.05, 3.63) is 12.5 Å². The van der Waals surface area contributed by atoms with E-state index in [1.54, 1.807) is 14.1 Å². The van der Waals surface area contributed by atoms with Gasteiger partial charge in [-0.1, -0.05) is 0 Å². The number of aromatic nitrogens is 2. The monoisotopic (exact) mass is 232 g/mol. The lowest BCUT2D eigenvalue weighted by Gasteiger charge is -2.10. The van der Waals surface area contributed by atoms with Crippen LogP contribution < -0.4 is 4.72 Å². The first kappa shape index (κ1) is 11.7. The van der Waals surface area contributed by atoms with E-state index in [1.807, 2.05) is 0 Å². The van der Waals surface area contributed by atoms with E-state index >= 15 is 0 Å². The number of rotatable bonds is 4. The SMILES string of the molecule is CN(C)C(=O)CNS(=O)(=O)c1cnc[nH]1. The van der Waals surface area contributed by atoms with Gasteiger partial charge in [0.2, 0.25) is 5.91 Å². The van der Waals surface area contributed by atoms with E-state index in [9.17, 15) is 13.2 Å². The standard InChI is InChI=1S/C7H12N4O3S/c1-11(2)7(12)4-10-15(13,14)6-3-8-5-9-6/h3,5,10H,4H2,1-2H3,(H,8,9). The maximum absolute atomic E-state index is 11.5. The molecule has 0 aromatic carbocycles. The zero-order chi connectivity index (χ0) is 11.5. The van der Waals surface area contributed by atoms with E-state index in [1.165, 1.54) is 17.4 Å². The second-order valence-electron chi connectivity index (χ2n) is 3.03. The van der Waals surface area contributed by atoms with Crippen molar-refractivity contribution >= 4 is 15.9 Å². The fraction of sp³-hybridized carbons (Fsp3) is 0.429. The highest BCUT2D eigenvalue weighted by Crippen LogP contribution is 2.00. The largest absolute Gasteiger partial charge is 0.348 e. The average molecular weight is 232 g/mol. The van der Waals surface area contributed by atoms with Crippen molar-refractivity contribution in [1.82, 2.24) is 19.6 Å². The third-order valence-electron chi connectivity index (χ3n) is 1.67. The molecule has 2 N–H and O–H groups in total. The van der Waals surface area contributed by atoms with Gasteiger partial charge in [-0.3, -0.25) is 4.79 Å². The van der Waals surface area contributed by atoms with Gasteiger partial charge in [0.1, 0.15) is 0 Å². The Hall–Kier alpha value is -1.41. The van der Waals surface area contributed by atoms with Crippen LogP contribution in [0, 0.1) is 0 Å². The molecule has 0 spiro atoms. The van der Waals surface area contributed by atoms with E-state index in [-0.39, 0.29) is 17.5 Å². The highest BCUT2D eigenvalue weighted by Gasteiger charge is 2.16. The van der Waals surface area contributed by atoms with Crippen molar-refractivity contribution < 1.29 is 13.2 Å². The molecule has 1 aromatic heterocycles. The summed E-state index contributed by atoms with van der Waals surface area (Å²) < 4.78 is 25.1. The summed E-state index contributed by atoms with van der Waals surface area (Å²) in [5.41, 5.74) is 0. The van der Waals surface area contributed by atoms with Crippen LogP contribution in [0.2, 0.25) is 0 Å². The Morgan fingerprint density at radius 1 is 1.60 bits per heavy atom. The molecule has 7 nitrogen and oxygen atoms in total. The van der Waals surface area contributed by atoms with Crippen LogP contribution in [0.4, 0.5) is 0 Å². The van der Waals surface area contributed by atoms with E-state index < -0.39 is 10.0 Å². The van der Waals surface area contributed by atoms with Gasteiger partial charge in [-0.2, -0.15) is 0 Å². The Morgan fingerprint density at radius 2 is 2.27 bits per heavy atom. The lowest BCUT2D eigenvalue weighted by atomic mass is 10.6. The number of likely N-dealkylation sites (N-methyl/N-ethyl adjacent to an activating group) is 1. The molecule has 15 heavy (non-hydrogen) atoms. The maximum atomic E-state index is 11.5. The quantitative estimate of drug-likeness (QED) is 0.680. The van der Waals surface area contributed by atoms with Crippen LogP contribution in [0.1, 0.15) is 0 Å². The van der Waals surface area contributed by atoms with Crippen molar-refractivity contribution in [3.8, 4) is 0 Å². The first-order chi connectivity index (χ1) is 6.93. The molecule has 0 aliphatic heterocycles. The third-order valence-corrected chi connectivity index (χ3v) is 3.00. The van der Waals surface area contributed by atoms with Crippen LogP contribution in [-0.4, -0.2) is 49.8 Å². The first-order valence-corrected chi connectivity index (χ1v) is 5.60. The summed E-state index contributed by atoms with van der Waals surface area (Å²) >= 11 is 0. The van der Waals surface area contributed by atoms with Gasteiger partial charge in [0.25, 0.3) is 10.0 Å². The van der Waals surface area contributed by atoms with Crippen LogP contribution in [-0.2, 0) is 14.8 Å². The van der Waals surface area contributed by atoms with Crippen molar-refractivity contribution in [2.75, 3.05) is 20.6 Å². The number of imidazole rings is 1. The summed E-state index contributed by atoms with van der Waals surface area (Å²) in [7, 11) is -0.564. The molecular weight excluding hydrogens is 220 g/mol. The number of nitrogens with one attached hydrogen (secondary N) is 2. The molecule has 1 amide bonds. The van der Waals surface area contributed by atoms with Gasteiger partial charge in [-0.05, 0) is 0 Å². The molecule has 8 heteroatoms. The number of carbonyl (C=O) groups is 1. The summed E-state index contributed by atoms with van der Waals surface area (Å²) in [6, 6.07) is 0. The molecule has 84 valence electrons. The van der Waals surface area contributed by atoms with E-state index in [0.29, 0.717) is 0 Å². The maximum Gasteiger partial charge on any atom is 0.258 e. The molecule has 1 heterocycles. The van der Waals surface area contributed by atoms with Crippen molar-refractivity contribution in [2.24, 2.45) is 0 Å². The van der Waals surface area contributed by atoms with Crippen LogP contribution in [0.25, 0.3) is 0 Å². The summed E-state index contributed by atoms with van der Waals surface area (Å²) in [6.07, 6.45) is 2.42. The molecule has 0 unspecified atom stereocenters. The van der Waals surface area contributed by atoms with Gasteiger partial charge in [-0.25, -0.2) is 18.1 Å². The van der Waals surface area contributed by atoms with Gasteiger partial charge < -0.3 is 9.88 Å². The highest BCUT2D eigenvalue weighted by atomic mass is 32.2. The number of aromatic amines is 1. The van der Waals surface area contributed by atoms with Gasteiger partial charge in [0, 0.05) is 14.1 Å². The van der Waals surface area contributed by atoms with Crippen LogP contribution in [0.15, 0.2) is 17.6 Å². The number of nitrogens with zero attached hydrogens (tertiary/aromatic N) is 2. The highest BCUT2D eigenvalue weighted by molar-refractivity contribution is 7.89. The zero-order valence-electron chi connectivity index (χ0n) is 8.39. The molecule has 0 saturated carbocycles. The summed E-state index contributed by atoms with van der Waals surface area (Å²) in [4.78, 5) is 18.5. The van der Waals surface area contributed by atoms with E-state index in [4.69, 9.17) is 0 Å². The minimum Gasteiger partial charge on any atom is -0.348 e. The molecule has 0 aliphatic carbocycles. The van der Waals surface area contributed by atoms with Gasteiger partial charge in [-0.15, -0.1) is 0 Å². The number of hydrogen-bond donors (Lipinski definition) is 2. The summed E-state index contributed by atoms with van der Waals surface area (Å²) in [5.74, 6) is -0.321. The molecule has 0 saturated heterocycles. The Labute approximate surface area is 87.6 Å². The predicted molar refractivity (Wildman–Crippen MR) is 52.5 cm³/mol. The lowest BCUT2D eigenvalue weighted by molar-refractivity contribution is -0.127. The van der Waals surface area contributed by atoms with Gasteiger partial charge in [0.05, 0.1) is 19.1 Å². The third kappa shape index (κ3) is 3.03. The molecule has 1 aromatic rings. The molecule has 1 rings (SSSR count). The second-order valence-corrected chi connectivity index (χ2v) is 4.76. The van der Waals surface area contributed by atoms with Gasteiger partial charge >= 0.3 is 0 Å². The molecule has 0 fully saturated rings. The van der Waals surface area contributed by atoms with Crippen molar-refractivity contribution in [2.45, 2.75) is 5.03 Å². The van der Waals surface area contributed by atoms with E-state index in [2.05, 4.69) is 14.7 Å². The van der Waals surface area contributed by atoms with Crippen LogP contribution in [0.5, 0.6) is 0 Å². The fourth-order valence-electron chi connectivity index (χ4n) is 0.783. The number of hydrogen-bond acceptors (Lipinski definition) is 4. The molecule has 0 aliphatic rings. The smallest absolute Gasteiger partial charge is 0.258 e. The molecular formula is C7H12N4O3S. The molecule has 0 bridgehead atoms. The average Bonchev–Trinajstić information content (AvgIpc) is 2.67. The van der Waals surface area contributed by atoms with Crippen molar-refractivity contribution in [1.29, 1.82) is 0 Å². The molecule has 0 atom stereocenters. The normalized spacial score (nSPS) is 11.3. The second kappa shape index (κ2) is 4.41. The number of carbonyl (C=O) groups excluding carboxylic acids is 1. The lowest BCUT2D eigenvalue weighted by Crippen LogP contribution is -2.36. The predicted octanol–water partition coefficient (Wildman–Crippen LogP) is -1.22. The Bertz CT molecular complexity index is 423. The summed E-state index contributed by atoms with van der Waals surface area (Å²) in [6.45, 7) is -0.269. The Morgan fingerprint density at radius 3 is 2.73 bits per heavy atom. The van der Waals surface area contributed by atoms with Crippen LogP contribution in [0.3, 0.4) is 0 Å². The van der Waals surface area contributed by atoms with Crippen LogP contribution >= 0.6 is 0 Å². The first-order valence-electron chi connectivity index (χ1n) is 4.11. The van der Waals surface area contributed by atoms with Gasteiger partial charge in [0.15, 0.2) is 5.03 Å². The fourth-order valence-corrected chi connectivity index (χ4v) is 1.66. The Balaban J connectivity index is 2.63. The number of sulfonamides is 1. The number of amides is 1. The minimum atomic E-state index is -3.66. The Kier molecular flexibility index (Phi) is 3.43. The minimum absolute atomic E-state index is 0.0611. The number of H-pyrrole nitrogens is 1.